The van der Waals surface area contributed by atoms with E-state index >= 15 is 0 Å². The maximum atomic E-state index is 12.0. The van der Waals surface area contributed by atoms with E-state index in [-0.39, 0.29) is 18.1 Å². The summed E-state index contributed by atoms with van der Waals surface area (Å²) >= 11 is 0. The van der Waals surface area contributed by atoms with Crippen molar-refractivity contribution >= 4 is 21.4 Å². The number of rotatable bonds is 7. The van der Waals surface area contributed by atoms with Gasteiger partial charge < -0.3 is 9.64 Å². The van der Waals surface area contributed by atoms with E-state index in [4.69, 9.17) is 4.74 Å². The molecular formula is C26H34N4O3S. The van der Waals surface area contributed by atoms with Crippen LogP contribution in [0.15, 0.2) is 60.8 Å². The fourth-order valence-corrected chi connectivity index (χ4v) is 6.42. The number of nitrogens with one attached hydrogen (secondary N) is 1. The zero-order chi connectivity index (χ0) is 23.5. The average molecular weight is 483 g/mol. The summed E-state index contributed by atoms with van der Waals surface area (Å²) in [6, 6.07) is 18.8. The number of hydrogen-bond acceptors (Lipinski definition) is 5. The molecule has 2 fully saturated rings. The van der Waals surface area contributed by atoms with Crippen LogP contribution in [0.5, 0.6) is 0 Å². The molecule has 2 atom stereocenters. The van der Waals surface area contributed by atoms with Crippen molar-refractivity contribution in [2.45, 2.75) is 50.2 Å². The van der Waals surface area contributed by atoms with Gasteiger partial charge in [0.2, 0.25) is 10.0 Å². The molecule has 3 heterocycles. The Balaban J connectivity index is 1.24. The van der Waals surface area contributed by atoms with E-state index in [1.54, 1.807) is 0 Å². The predicted octanol–water partition coefficient (Wildman–Crippen LogP) is 3.82. The highest BCUT2D eigenvalue weighted by atomic mass is 32.2. The number of hydrogen-bond donors (Lipinski definition) is 1. The Labute approximate surface area is 202 Å². The number of sulfonamides is 1. The van der Waals surface area contributed by atoms with Gasteiger partial charge >= 0.3 is 0 Å². The van der Waals surface area contributed by atoms with E-state index < -0.39 is 10.0 Å². The summed E-state index contributed by atoms with van der Waals surface area (Å²) in [5.74, 6) is 1.72. The highest BCUT2D eigenvalue weighted by molar-refractivity contribution is 7.88. The van der Waals surface area contributed by atoms with Crippen LogP contribution in [-0.2, 0) is 14.8 Å². The van der Waals surface area contributed by atoms with Crippen LogP contribution in [0.4, 0.5) is 5.82 Å². The summed E-state index contributed by atoms with van der Waals surface area (Å²) in [6.45, 7) is 2.05. The number of nitrogens with zero attached hydrogens (tertiary/aromatic N) is 3. The van der Waals surface area contributed by atoms with E-state index in [0.717, 1.165) is 56.5 Å². The Hall–Kier alpha value is -2.42. The van der Waals surface area contributed by atoms with Crippen molar-refractivity contribution in [3.8, 4) is 0 Å². The van der Waals surface area contributed by atoms with Crippen LogP contribution < -0.4 is 9.62 Å². The number of anilines is 1. The zero-order valence-corrected chi connectivity index (χ0v) is 20.5. The molecule has 8 heteroatoms. The summed E-state index contributed by atoms with van der Waals surface area (Å²) in [5, 5.41) is 4.48. The first kappa shape index (κ1) is 23.3. The van der Waals surface area contributed by atoms with Crippen molar-refractivity contribution in [2.24, 2.45) is 5.92 Å². The van der Waals surface area contributed by atoms with Crippen molar-refractivity contribution in [3.63, 3.8) is 0 Å². The molecule has 1 saturated carbocycles. The largest absolute Gasteiger partial charge is 0.378 e. The summed E-state index contributed by atoms with van der Waals surface area (Å²) in [5.41, 5.74) is 2.48. The minimum absolute atomic E-state index is 0.0705. The topological polar surface area (TPSA) is 75.9 Å². The lowest BCUT2D eigenvalue weighted by atomic mass is 9.82. The number of benzene rings is 1. The second-order valence-corrected chi connectivity index (χ2v) is 11.5. The van der Waals surface area contributed by atoms with Gasteiger partial charge in [0.05, 0.1) is 30.7 Å². The van der Waals surface area contributed by atoms with Gasteiger partial charge in [0, 0.05) is 25.0 Å². The van der Waals surface area contributed by atoms with Crippen LogP contribution in [0.25, 0.3) is 5.52 Å². The van der Waals surface area contributed by atoms with E-state index in [1.807, 2.05) is 28.9 Å². The van der Waals surface area contributed by atoms with Crippen molar-refractivity contribution in [2.75, 3.05) is 30.9 Å². The number of ether oxygens (including phenoxy) is 1. The Morgan fingerprint density at radius 1 is 1.00 bits per heavy atom. The molecule has 3 aromatic rings. The molecule has 0 radical (unpaired) electrons. The van der Waals surface area contributed by atoms with Crippen LogP contribution in [0.3, 0.4) is 0 Å². The number of piperidine rings is 1. The van der Waals surface area contributed by atoms with Crippen LogP contribution in [0.2, 0.25) is 0 Å². The first-order valence-corrected chi connectivity index (χ1v) is 14.2. The fourth-order valence-electron chi connectivity index (χ4n) is 5.56. The van der Waals surface area contributed by atoms with Crippen LogP contribution >= 0.6 is 0 Å². The second kappa shape index (κ2) is 10.1. The van der Waals surface area contributed by atoms with Crippen molar-refractivity contribution < 1.29 is 13.2 Å². The normalized spacial score (nSPS) is 26.1. The Morgan fingerprint density at radius 3 is 2.56 bits per heavy atom. The molecule has 1 aliphatic carbocycles. The molecule has 7 nitrogen and oxygen atoms in total. The highest BCUT2D eigenvalue weighted by Crippen LogP contribution is 2.34. The molecule has 0 spiro atoms. The summed E-state index contributed by atoms with van der Waals surface area (Å²) in [4.78, 5) is 2.31. The second-order valence-electron chi connectivity index (χ2n) is 9.76. The minimum atomic E-state index is -3.29. The van der Waals surface area contributed by atoms with E-state index in [9.17, 15) is 8.42 Å². The highest BCUT2D eigenvalue weighted by Gasteiger charge is 2.33. The molecule has 1 saturated heterocycles. The molecule has 2 aliphatic rings. The van der Waals surface area contributed by atoms with Gasteiger partial charge in [0.25, 0.3) is 0 Å². The lowest BCUT2D eigenvalue weighted by molar-refractivity contribution is -0.00215. The number of pyridine rings is 1. The maximum Gasteiger partial charge on any atom is 0.208 e. The van der Waals surface area contributed by atoms with Crippen molar-refractivity contribution in [1.29, 1.82) is 0 Å². The smallest absolute Gasteiger partial charge is 0.208 e. The lowest BCUT2D eigenvalue weighted by Crippen LogP contribution is -2.53. The number of fused-ring (bicyclic) bond motifs is 1. The van der Waals surface area contributed by atoms with Crippen LogP contribution in [0.1, 0.15) is 43.6 Å². The molecule has 1 aliphatic heterocycles. The first-order valence-electron chi connectivity index (χ1n) is 12.3. The molecule has 1 aromatic carbocycles. The third kappa shape index (κ3) is 5.45. The van der Waals surface area contributed by atoms with Gasteiger partial charge in [-0.05, 0) is 61.8 Å². The van der Waals surface area contributed by atoms with Gasteiger partial charge in [-0.2, -0.15) is 5.10 Å². The monoisotopic (exact) mass is 482 g/mol. The lowest BCUT2D eigenvalue weighted by Gasteiger charge is -2.40. The van der Waals surface area contributed by atoms with Gasteiger partial charge in [0.1, 0.15) is 5.82 Å². The third-order valence-corrected chi connectivity index (χ3v) is 8.05. The standard InChI is InChI=1S/C26H34N4O3S/c1-34(31,32)28-25-15-17-29(26-9-5-8-23-14-16-27-30(23)26)18-22(25)19-33-24-12-10-21(11-13-24)20-6-3-2-4-7-20/h2-9,14,16,21-22,24-25,28H,10-13,15,17-19H2,1H3/t21-,22-,24+,25-/m0/s1. The molecule has 5 rings (SSSR count). The minimum Gasteiger partial charge on any atom is -0.378 e. The molecule has 182 valence electrons. The SMILES string of the molecule is CS(=O)(=O)N[C@H]1CCN(c2cccc3ccnn23)C[C@H]1CO[C@H]1CC[C@@H](c2ccccc2)CC1. The van der Waals surface area contributed by atoms with Gasteiger partial charge in [-0.3, -0.25) is 0 Å². The van der Waals surface area contributed by atoms with Gasteiger partial charge in [0.15, 0.2) is 0 Å². The zero-order valence-electron chi connectivity index (χ0n) is 19.7. The van der Waals surface area contributed by atoms with Crippen molar-refractivity contribution in [3.05, 3.63) is 66.4 Å². The van der Waals surface area contributed by atoms with Crippen LogP contribution in [-0.4, -0.2) is 56.1 Å². The molecular weight excluding hydrogens is 448 g/mol. The Kier molecular flexibility index (Phi) is 6.90. The molecule has 0 unspecified atom stereocenters. The summed E-state index contributed by atoms with van der Waals surface area (Å²) in [6.07, 6.45) is 8.40. The average Bonchev–Trinajstić information content (AvgIpc) is 3.33. The summed E-state index contributed by atoms with van der Waals surface area (Å²) in [7, 11) is -3.29. The van der Waals surface area contributed by atoms with Gasteiger partial charge in [-0.25, -0.2) is 17.7 Å². The van der Waals surface area contributed by atoms with E-state index in [0.29, 0.717) is 12.5 Å². The third-order valence-electron chi connectivity index (χ3n) is 7.32. The quantitative estimate of drug-likeness (QED) is 0.554. The van der Waals surface area contributed by atoms with E-state index in [2.05, 4.69) is 51.1 Å². The maximum absolute atomic E-state index is 12.0. The molecule has 2 aromatic heterocycles. The number of aromatic nitrogens is 2. The Bertz CT molecular complexity index is 1190. The Morgan fingerprint density at radius 2 is 1.79 bits per heavy atom. The molecule has 34 heavy (non-hydrogen) atoms. The van der Waals surface area contributed by atoms with E-state index in [1.165, 1.54) is 11.8 Å². The van der Waals surface area contributed by atoms with Crippen molar-refractivity contribution in [1.82, 2.24) is 14.3 Å². The summed E-state index contributed by atoms with van der Waals surface area (Å²) < 4.78 is 35.3. The predicted molar refractivity (Wildman–Crippen MR) is 135 cm³/mol. The fraction of sp³-hybridized carbons (Fsp3) is 0.500. The van der Waals surface area contributed by atoms with Gasteiger partial charge in [-0.1, -0.05) is 36.4 Å². The molecule has 0 bridgehead atoms. The first-order chi connectivity index (χ1) is 16.5. The van der Waals surface area contributed by atoms with Crippen LogP contribution in [0, 0.1) is 5.92 Å². The molecule has 0 amide bonds. The molecule has 1 N–H and O–H groups in total. The van der Waals surface area contributed by atoms with Gasteiger partial charge in [-0.15, -0.1) is 0 Å².